The predicted molar refractivity (Wildman–Crippen MR) is 165 cm³/mol. The Hall–Kier alpha value is -5.55. The minimum atomic E-state index is -2.17. The van der Waals surface area contributed by atoms with Gasteiger partial charge >= 0.3 is 25.2 Å². The molecule has 0 unspecified atom stereocenters. The zero-order chi connectivity index (χ0) is 31.4. The van der Waals surface area contributed by atoms with Crippen molar-refractivity contribution >= 4 is 57.5 Å². The van der Waals surface area contributed by atoms with Gasteiger partial charge in [-0.05, 0) is 50.5 Å². The smallest absolute Gasteiger partial charge is 0.478 e. The normalized spacial score (nSPS) is 9.84. The largest absolute Gasteiger partial charge is 0.631 e. The number of rotatable bonds is 3. The number of fused-ring (bicyclic) bond motifs is 3. The van der Waals surface area contributed by atoms with Gasteiger partial charge in [0.15, 0.2) is 0 Å². The first-order chi connectivity index (χ1) is 20.6. The summed E-state index contributed by atoms with van der Waals surface area (Å²) in [5.41, 5.74) is 1.08. The van der Waals surface area contributed by atoms with Crippen molar-refractivity contribution in [3.63, 3.8) is 0 Å². The van der Waals surface area contributed by atoms with Crippen LogP contribution >= 0.6 is 0 Å². The molecule has 6 N–H and O–H groups in total. The van der Waals surface area contributed by atoms with Gasteiger partial charge in [0, 0.05) is 0 Å². The van der Waals surface area contributed by atoms with Crippen LogP contribution in [-0.2, 0) is 0 Å². The standard InChI is InChI=1S/3C11H8O2.BH3O3/c3*12-11(13)10-7-3-5-8-4-1-2-6-9(8)10;2-1(3)4/h3*1-7H,(H,12,13);2-4H. The molecular formula is C33H27BO9. The van der Waals surface area contributed by atoms with Gasteiger partial charge < -0.3 is 30.4 Å². The van der Waals surface area contributed by atoms with Crippen LogP contribution in [0.5, 0.6) is 0 Å². The molecule has 9 nitrogen and oxygen atoms in total. The first-order valence-electron chi connectivity index (χ1n) is 12.8. The van der Waals surface area contributed by atoms with E-state index in [1.807, 2.05) is 91.0 Å². The van der Waals surface area contributed by atoms with E-state index in [0.29, 0.717) is 16.7 Å². The third-order valence-corrected chi connectivity index (χ3v) is 6.06. The number of hydrogen-bond acceptors (Lipinski definition) is 6. The van der Waals surface area contributed by atoms with Crippen LogP contribution in [0.1, 0.15) is 31.1 Å². The van der Waals surface area contributed by atoms with Crippen LogP contribution in [0.4, 0.5) is 0 Å². The summed E-state index contributed by atoms with van der Waals surface area (Å²) in [6, 6.07) is 38.2. The Balaban J connectivity index is 0.000000166. The quantitative estimate of drug-likeness (QED) is 0.147. The van der Waals surface area contributed by atoms with Crippen molar-refractivity contribution in [2.45, 2.75) is 0 Å². The topological polar surface area (TPSA) is 173 Å². The molecule has 0 aliphatic heterocycles. The molecule has 43 heavy (non-hydrogen) atoms. The van der Waals surface area contributed by atoms with Gasteiger partial charge in [-0.1, -0.05) is 109 Å². The lowest BCUT2D eigenvalue weighted by atomic mass is 10.1. The molecule has 10 heteroatoms. The van der Waals surface area contributed by atoms with Gasteiger partial charge in [-0.3, -0.25) is 0 Å². The Labute approximate surface area is 246 Å². The molecule has 6 aromatic rings. The molecule has 6 rings (SSSR count). The number of carbonyl (C=O) groups is 3. The minimum Gasteiger partial charge on any atom is -0.478 e. The number of benzene rings is 6. The summed E-state index contributed by atoms with van der Waals surface area (Å²) in [5.74, 6) is -2.63. The second-order valence-electron chi connectivity index (χ2n) is 8.84. The lowest BCUT2D eigenvalue weighted by Crippen LogP contribution is -2.07. The zero-order valence-electron chi connectivity index (χ0n) is 22.6. The van der Waals surface area contributed by atoms with Crippen LogP contribution in [0, 0.1) is 0 Å². The number of hydrogen-bond donors (Lipinski definition) is 6. The summed E-state index contributed by atoms with van der Waals surface area (Å²) in [5, 5.41) is 53.4. The third-order valence-electron chi connectivity index (χ3n) is 6.06. The first-order valence-corrected chi connectivity index (χ1v) is 12.8. The molecule has 0 fully saturated rings. The highest BCUT2D eigenvalue weighted by atomic mass is 16.5. The third kappa shape index (κ3) is 8.97. The molecule has 0 aromatic heterocycles. The molecule has 0 spiro atoms. The molecule has 216 valence electrons. The summed E-state index contributed by atoms with van der Waals surface area (Å²) in [4.78, 5) is 32.4. The number of carboxylic acid groups (broad SMARTS) is 3. The molecule has 0 bridgehead atoms. The lowest BCUT2D eigenvalue weighted by molar-refractivity contribution is 0.0688. The highest BCUT2D eigenvalue weighted by Crippen LogP contribution is 2.20. The Bertz CT molecular complexity index is 1640. The van der Waals surface area contributed by atoms with E-state index in [2.05, 4.69) is 0 Å². The van der Waals surface area contributed by atoms with Crippen LogP contribution in [0.2, 0.25) is 0 Å². The van der Waals surface area contributed by atoms with Gasteiger partial charge in [0.25, 0.3) is 0 Å². The first kappa shape index (κ1) is 32.0. The molecule has 0 radical (unpaired) electrons. The molecule has 0 atom stereocenters. The molecule has 0 saturated carbocycles. The Kier molecular flexibility index (Phi) is 11.5. The van der Waals surface area contributed by atoms with Crippen molar-refractivity contribution in [1.29, 1.82) is 0 Å². The van der Waals surface area contributed by atoms with Crippen molar-refractivity contribution in [2.24, 2.45) is 0 Å². The summed E-state index contributed by atoms with van der Waals surface area (Å²) in [6.07, 6.45) is 0. The van der Waals surface area contributed by atoms with Crippen LogP contribution in [-0.4, -0.2) is 55.6 Å². The molecule has 0 heterocycles. The van der Waals surface area contributed by atoms with E-state index in [1.54, 1.807) is 36.4 Å². The number of carboxylic acids is 3. The van der Waals surface area contributed by atoms with E-state index in [4.69, 9.17) is 30.4 Å². The van der Waals surface area contributed by atoms with Crippen molar-refractivity contribution in [3.05, 3.63) is 144 Å². The predicted octanol–water partition coefficient (Wildman–Crippen LogP) is 5.56. The van der Waals surface area contributed by atoms with Gasteiger partial charge in [0.05, 0.1) is 16.7 Å². The van der Waals surface area contributed by atoms with Crippen molar-refractivity contribution in [3.8, 4) is 0 Å². The maximum absolute atomic E-state index is 10.8. The maximum atomic E-state index is 10.8. The fraction of sp³-hybridized carbons (Fsp3) is 0. The molecule has 6 aromatic carbocycles. The SMILES string of the molecule is O=C(O)c1cccc2ccccc12.O=C(O)c1cccc2ccccc12.O=C(O)c1cccc2ccccc12.OB(O)O. The van der Waals surface area contributed by atoms with Crippen molar-refractivity contribution < 1.29 is 44.8 Å². The van der Waals surface area contributed by atoms with Crippen LogP contribution < -0.4 is 0 Å². The Morgan fingerprint density at radius 2 is 0.581 bits per heavy atom. The fourth-order valence-corrected chi connectivity index (χ4v) is 4.24. The van der Waals surface area contributed by atoms with Gasteiger partial charge in [0.2, 0.25) is 0 Å². The van der Waals surface area contributed by atoms with Gasteiger partial charge in [-0.2, -0.15) is 0 Å². The molecule has 0 amide bonds. The summed E-state index contributed by atoms with van der Waals surface area (Å²) >= 11 is 0. The average Bonchev–Trinajstić information content (AvgIpc) is 3.00. The van der Waals surface area contributed by atoms with E-state index in [9.17, 15) is 14.4 Å². The van der Waals surface area contributed by atoms with E-state index in [1.165, 1.54) is 0 Å². The molecule has 0 aliphatic carbocycles. The maximum Gasteiger partial charge on any atom is 0.631 e. The summed E-state index contributed by atoms with van der Waals surface area (Å²) < 4.78 is 0. The van der Waals surface area contributed by atoms with Gasteiger partial charge in [0.1, 0.15) is 0 Å². The fourth-order valence-electron chi connectivity index (χ4n) is 4.24. The Morgan fingerprint density at radius 1 is 0.372 bits per heavy atom. The van der Waals surface area contributed by atoms with Crippen molar-refractivity contribution in [1.82, 2.24) is 0 Å². The van der Waals surface area contributed by atoms with E-state index in [-0.39, 0.29) is 0 Å². The summed E-state index contributed by atoms with van der Waals surface area (Å²) in [6.45, 7) is 0. The highest BCUT2D eigenvalue weighted by molar-refractivity contribution is 6.30. The summed E-state index contributed by atoms with van der Waals surface area (Å²) in [7, 11) is -2.17. The second-order valence-corrected chi connectivity index (χ2v) is 8.84. The second kappa shape index (κ2) is 15.5. The van der Waals surface area contributed by atoms with E-state index in [0.717, 1.165) is 32.3 Å². The van der Waals surface area contributed by atoms with E-state index >= 15 is 0 Å². The zero-order valence-corrected chi connectivity index (χ0v) is 22.6. The minimum absolute atomic E-state index is 0.359. The molecule has 0 aliphatic rings. The highest BCUT2D eigenvalue weighted by Gasteiger charge is 2.07. The van der Waals surface area contributed by atoms with E-state index < -0.39 is 25.2 Å². The van der Waals surface area contributed by atoms with Crippen LogP contribution in [0.3, 0.4) is 0 Å². The number of aromatic carboxylic acids is 3. The van der Waals surface area contributed by atoms with Crippen LogP contribution in [0.15, 0.2) is 127 Å². The average molecular weight is 578 g/mol. The lowest BCUT2D eigenvalue weighted by Gasteiger charge is -2.00. The van der Waals surface area contributed by atoms with Gasteiger partial charge in [-0.15, -0.1) is 0 Å². The van der Waals surface area contributed by atoms with Crippen LogP contribution in [0.25, 0.3) is 32.3 Å². The van der Waals surface area contributed by atoms with Crippen molar-refractivity contribution in [2.75, 3.05) is 0 Å². The van der Waals surface area contributed by atoms with Gasteiger partial charge in [-0.25, -0.2) is 14.4 Å². The molecular weight excluding hydrogens is 551 g/mol. The Morgan fingerprint density at radius 3 is 0.814 bits per heavy atom. The molecule has 0 saturated heterocycles. The monoisotopic (exact) mass is 578 g/mol.